The van der Waals surface area contributed by atoms with Gasteiger partial charge < -0.3 is 10.2 Å². The number of hydrogen-bond acceptors (Lipinski definition) is 5. The maximum absolute atomic E-state index is 12.3. The van der Waals surface area contributed by atoms with Crippen molar-refractivity contribution in [2.24, 2.45) is 0 Å². The summed E-state index contributed by atoms with van der Waals surface area (Å²) in [4.78, 5) is 22.1. The van der Waals surface area contributed by atoms with Crippen molar-refractivity contribution in [3.05, 3.63) is 57.2 Å². The second-order valence-electron chi connectivity index (χ2n) is 7.18. The minimum atomic E-state index is 0. The van der Waals surface area contributed by atoms with Gasteiger partial charge in [-0.05, 0) is 52.8 Å². The summed E-state index contributed by atoms with van der Waals surface area (Å²) >= 11 is 4.00. The monoisotopic (exact) mass is 556 g/mol. The molecule has 1 aliphatic rings. The number of aryl methyl sites for hydroxylation is 1. The molecule has 2 heterocycles. The Bertz CT molecular complexity index is 1000. The molecule has 4 rings (SSSR count). The highest BCUT2D eigenvalue weighted by Crippen LogP contribution is 2.31. The Kier molecular flexibility index (Phi) is 8.33. The van der Waals surface area contributed by atoms with Crippen LogP contribution in [-0.2, 0) is 6.42 Å². The maximum atomic E-state index is 12.3. The number of benzene rings is 2. The van der Waals surface area contributed by atoms with Gasteiger partial charge in [0, 0.05) is 42.8 Å². The van der Waals surface area contributed by atoms with Crippen LogP contribution in [0.1, 0.15) is 22.8 Å². The first kappa shape index (κ1) is 23.2. The van der Waals surface area contributed by atoms with Crippen molar-refractivity contribution < 1.29 is 4.79 Å². The van der Waals surface area contributed by atoms with Crippen LogP contribution in [0.15, 0.2) is 42.5 Å². The Morgan fingerprint density at radius 1 is 1.13 bits per heavy atom. The number of para-hydroxylation sites is 1. The minimum Gasteiger partial charge on any atom is -0.351 e. The van der Waals surface area contributed by atoms with Gasteiger partial charge >= 0.3 is 0 Å². The fourth-order valence-electron chi connectivity index (χ4n) is 3.65. The number of hydrogen-bond donors (Lipinski definition) is 1. The van der Waals surface area contributed by atoms with Crippen LogP contribution in [0.5, 0.6) is 0 Å². The van der Waals surface area contributed by atoms with Crippen LogP contribution in [0.2, 0.25) is 0 Å². The van der Waals surface area contributed by atoms with E-state index in [0.29, 0.717) is 6.54 Å². The molecule has 0 unspecified atom stereocenters. The largest absolute Gasteiger partial charge is 0.351 e. The van der Waals surface area contributed by atoms with Crippen molar-refractivity contribution in [1.29, 1.82) is 0 Å². The summed E-state index contributed by atoms with van der Waals surface area (Å²) in [5.41, 5.74) is 3.24. The molecule has 0 saturated carbocycles. The lowest BCUT2D eigenvalue weighted by atomic mass is 10.1. The van der Waals surface area contributed by atoms with E-state index < -0.39 is 0 Å². The number of halogens is 2. The molecule has 1 amide bonds. The van der Waals surface area contributed by atoms with Gasteiger partial charge in [0.15, 0.2) is 5.13 Å². The number of nitrogens with zero attached hydrogens (tertiary/aromatic N) is 3. The zero-order valence-corrected chi connectivity index (χ0v) is 20.7. The van der Waals surface area contributed by atoms with Crippen LogP contribution >= 0.6 is 46.3 Å². The van der Waals surface area contributed by atoms with Crippen LogP contribution < -0.4 is 10.2 Å². The number of carbonyl (C=O) groups excluding carboxylic acids is 1. The number of carbonyl (C=O) groups is 1. The molecule has 0 aliphatic carbocycles. The van der Waals surface area contributed by atoms with Gasteiger partial charge in [0.25, 0.3) is 5.91 Å². The normalized spacial score (nSPS) is 14.5. The van der Waals surface area contributed by atoms with E-state index in [1.807, 2.05) is 24.3 Å². The number of rotatable bonds is 6. The van der Waals surface area contributed by atoms with Crippen molar-refractivity contribution >= 4 is 67.6 Å². The van der Waals surface area contributed by atoms with Gasteiger partial charge in [-0.15, -0.1) is 12.4 Å². The molecular weight excluding hydrogens is 531 g/mol. The van der Waals surface area contributed by atoms with Crippen molar-refractivity contribution in [2.45, 2.75) is 13.3 Å². The standard InChI is InChI=1S/C22H25IN4OS.ClH/c1-2-16-6-5-9-19-20(16)25-22(29-19)27-14-12-26(13-15-27)11-10-24-21(28)17-7-3-4-8-18(17)23;/h3-9H,2,10-15H2,1H3,(H,24,28);1H. The van der Waals surface area contributed by atoms with Crippen molar-refractivity contribution in [2.75, 3.05) is 44.2 Å². The molecule has 3 aromatic rings. The molecule has 0 bridgehead atoms. The van der Waals surface area contributed by atoms with E-state index >= 15 is 0 Å². The summed E-state index contributed by atoms with van der Waals surface area (Å²) in [5, 5.41) is 4.18. The Labute approximate surface area is 201 Å². The number of aromatic nitrogens is 1. The molecule has 1 aromatic heterocycles. The summed E-state index contributed by atoms with van der Waals surface area (Å²) in [6.45, 7) is 7.68. The molecule has 1 N–H and O–H groups in total. The number of anilines is 1. The predicted molar refractivity (Wildman–Crippen MR) is 136 cm³/mol. The van der Waals surface area contributed by atoms with Crippen LogP contribution in [0.3, 0.4) is 0 Å². The molecule has 1 fully saturated rings. The number of amides is 1. The first-order valence-electron chi connectivity index (χ1n) is 10.0. The SMILES string of the molecule is CCc1cccc2sc(N3CCN(CCNC(=O)c4ccccc4I)CC3)nc12.Cl. The molecule has 2 aromatic carbocycles. The molecule has 160 valence electrons. The van der Waals surface area contributed by atoms with E-state index in [0.717, 1.165) is 58.9 Å². The molecule has 1 saturated heterocycles. The van der Waals surface area contributed by atoms with Crippen LogP contribution in [-0.4, -0.2) is 55.1 Å². The van der Waals surface area contributed by atoms with Gasteiger partial charge in [-0.3, -0.25) is 9.69 Å². The van der Waals surface area contributed by atoms with Crippen LogP contribution in [0, 0.1) is 3.57 Å². The summed E-state index contributed by atoms with van der Waals surface area (Å²) in [6, 6.07) is 14.2. The third kappa shape index (κ3) is 5.25. The quantitative estimate of drug-likeness (QED) is 0.456. The molecule has 5 nitrogen and oxygen atoms in total. The first-order valence-corrected chi connectivity index (χ1v) is 11.9. The third-order valence-electron chi connectivity index (χ3n) is 5.35. The summed E-state index contributed by atoms with van der Waals surface area (Å²) < 4.78 is 2.26. The maximum Gasteiger partial charge on any atom is 0.252 e. The Hall–Kier alpha value is -1.42. The van der Waals surface area contributed by atoms with Crippen LogP contribution in [0.25, 0.3) is 10.2 Å². The van der Waals surface area contributed by atoms with Crippen molar-refractivity contribution in [3.63, 3.8) is 0 Å². The average Bonchev–Trinajstić information content (AvgIpc) is 3.19. The molecule has 0 radical (unpaired) electrons. The van der Waals surface area contributed by atoms with Gasteiger partial charge in [-0.25, -0.2) is 4.98 Å². The highest BCUT2D eigenvalue weighted by atomic mass is 127. The molecule has 0 atom stereocenters. The van der Waals surface area contributed by atoms with E-state index in [-0.39, 0.29) is 18.3 Å². The summed E-state index contributed by atoms with van der Waals surface area (Å²) in [6.07, 6.45) is 1.02. The summed E-state index contributed by atoms with van der Waals surface area (Å²) in [5.74, 6) is 0.00911. The van der Waals surface area contributed by atoms with Gasteiger partial charge in [-0.2, -0.15) is 0 Å². The van der Waals surface area contributed by atoms with Gasteiger partial charge in [0.2, 0.25) is 0 Å². The zero-order chi connectivity index (χ0) is 20.2. The second kappa shape index (κ2) is 10.7. The molecule has 1 aliphatic heterocycles. The molecule has 8 heteroatoms. The lowest BCUT2D eigenvalue weighted by Gasteiger charge is -2.34. The molecular formula is C22H26ClIN4OS. The Morgan fingerprint density at radius 3 is 2.63 bits per heavy atom. The summed E-state index contributed by atoms with van der Waals surface area (Å²) in [7, 11) is 0. The van der Waals surface area contributed by atoms with E-state index in [1.165, 1.54) is 10.3 Å². The number of fused-ring (bicyclic) bond motifs is 1. The Balaban J connectivity index is 0.00000256. The van der Waals surface area contributed by atoms with Gasteiger partial charge in [-0.1, -0.05) is 42.5 Å². The van der Waals surface area contributed by atoms with Gasteiger partial charge in [0.1, 0.15) is 0 Å². The third-order valence-corrected chi connectivity index (χ3v) is 7.37. The molecule has 30 heavy (non-hydrogen) atoms. The lowest BCUT2D eigenvalue weighted by molar-refractivity contribution is 0.0947. The molecule has 0 spiro atoms. The number of piperazine rings is 1. The van der Waals surface area contributed by atoms with E-state index in [4.69, 9.17) is 4.98 Å². The zero-order valence-electron chi connectivity index (χ0n) is 16.9. The highest BCUT2D eigenvalue weighted by Gasteiger charge is 2.20. The minimum absolute atomic E-state index is 0. The smallest absolute Gasteiger partial charge is 0.252 e. The number of thiazole rings is 1. The van der Waals surface area contributed by atoms with E-state index in [9.17, 15) is 4.79 Å². The average molecular weight is 557 g/mol. The fraction of sp³-hybridized carbons (Fsp3) is 0.364. The van der Waals surface area contributed by atoms with Crippen LogP contribution in [0.4, 0.5) is 5.13 Å². The highest BCUT2D eigenvalue weighted by molar-refractivity contribution is 14.1. The lowest BCUT2D eigenvalue weighted by Crippen LogP contribution is -2.48. The van der Waals surface area contributed by atoms with Crippen molar-refractivity contribution in [1.82, 2.24) is 15.2 Å². The van der Waals surface area contributed by atoms with E-state index in [2.05, 4.69) is 62.8 Å². The second-order valence-corrected chi connectivity index (χ2v) is 9.35. The van der Waals surface area contributed by atoms with Gasteiger partial charge in [0.05, 0.1) is 15.8 Å². The number of nitrogens with one attached hydrogen (secondary N) is 1. The fourth-order valence-corrected chi connectivity index (χ4v) is 5.34. The first-order chi connectivity index (χ1) is 14.2. The predicted octanol–water partition coefficient (Wildman–Crippen LogP) is 4.44. The Morgan fingerprint density at radius 2 is 1.90 bits per heavy atom. The van der Waals surface area contributed by atoms with Crippen molar-refractivity contribution in [3.8, 4) is 0 Å². The topological polar surface area (TPSA) is 48.5 Å². The van der Waals surface area contributed by atoms with E-state index in [1.54, 1.807) is 11.3 Å².